The number of nitrogens with zero attached hydrogens (tertiary/aromatic N) is 1. The van der Waals surface area contributed by atoms with Crippen LogP contribution in [0.4, 0.5) is 0 Å². The van der Waals surface area contributed by atoms with Crippen LogP contribution < -0.4 is 0 Å². The molecule has 0 saturated heterocycles. The van der Waals surface area contributed by atoms with Crippen LogP contribution in [-0.4, -0.2) is 5.16 Å². The normalized spacial score (nSPS) is 18.3. The van der Waals surface area contributed by atoms with Gasteiger partial charge in [0.15, 0.2) is 0 Å². The summed E-state index contributed by atoms with van der Waals surface area (Å²) in [5.41, 5.74) is 1.19. The number of aryl methyl sites for hydroxylation is 1. The molecule has 0 atom stereocenters. The van der Waals surface area contributed by atoms with Gasteiger partial charge in [0.2, 0.25) is 0 Å². The van der Waals surface area contributed by atoms with Crippen LogP contribution in [0.2, 0.25) is 0 Å². The molecule has 1 aliphatic carbocycles. The Morgan fingerprint density at radius 2 is 2.44 bits per heavy atom. The zero-order valence-electron chi connectivity index (χ0n) is 5.35. The van der Waals surface area contributed by atoms with Gasteiger partial charge in [0.05, 0.1) is 0 Å². The van der Waals surface area contributed by atoms with Gasteiger partial charge in [-0.1, -0.05) is 5.16 Å². The average molecular weight is 122 g/mol. The number of rotatable bonds is 1. The third-order valence-electron chi connectivity index (χ3n) is 1.71. The van der Waals surface area contributed by atoms with Gasteiger partial charge in [0.1, 0.15) is 12.0 Å². The van der Waals surface area contributed by atoms with E-state index in [-0.39, 0.29) is 0 Å². The number of hydrogen-bond donors (Lipinski definition) is 0. The monoisotopic (exact) mass is 122 g/mol. The van der Waals surface area contributed by atoms with E-state index >= 15 is 0 Å². The van der Waals surface area contributed by atoms with Gasteiger partial charge in [-0.05, 0) is 25.7 Å². The van der Waals surface area contributed by atoms with E-state index in [9.17, 15) is 0 Å². The van der Waals surface area contributed by atoms with Gasteiger partial charge >= 0.3 is 0 Å². The van der Waals surface area contributed by atoms with Gasteiger partial charge < -0.3 is 4.52 Å². The Hall–Kier alpha value is -0.790. The summed E-state index contributed by atoms with van der Waals surface area (Å²) in [5, 5.41) is 3.58. The molecule has 1 fully saturated rings. The third kappa shape index (κ3) is 0.745. The molecule has 47 valence electrons. The summed E-state index contributed by atoms with van der Waals surface area (Å²) in [6.45, 7) is 1.94. The molecular weight excluding hydrogens is 114 g/mol. The molecule has 1 radical (unpaired) electrons. The minimum Gasteiger partial charge on any atom is -0.361 e. The van der Waals surface area contributed by atoms with Crippen LogP contribution in [-0.2, 0) is 0 Å². The first kappa shape index (κ1) is 5.03. The Kier molecular flexibility index (Phi) is 0.891. The summed E-state index contributed by atoms with van der Waals surface area (Å²) >= 11 is 0. The van der Waals surface area contributed by atoms with Crippen molar-refractivity contribution in [2.45, 2.75) is 25.7 Å². The van der Waals surface area contributed by atoms with Crippen molar-refractivity contribution in [3.8, 4) is 0 Å². The predicted molar refractivity (Wildman–Crippen MR) is 32.1 cm³/mol. The Morgan fingerprint density at radius 3 is 2.89 bits per heavy atom. The fourth-order valence-corrected chi connectivity index (χ4v) is 1.02. The predicted octanol–water partition coefficient (Wildman–Crippen LogP) is 1.66. The highest BCUT2D eigenvalue weighted by Gasteiger charge is 2.27. The van der Waals surface area contributed by atoms with Crippen LogP contribution in [0.5, 0.6) is 0 Å². The highest BCUT2D eigenvalue weighted by Crippen LogP contribution is 2.40. The molecule has 0 bridgehead atoms. The van der Waals surface area contributed by atoms with E-state index in [0.717, 1.165) is 11.7 Å². The Balaban J connectivity index is 2.35. The fraction of sp³-hybridized carbons (Fsp3) is 0.571. The molecule has 1 aromatic rings. The van der Waals surface area contributed by atoms with E-state index < -0.39 is 0 Å². The van der Waals surface area contributed by atoms with Gasteiger partial charge in [-0.15, -0.1) is 0 Å². The molecule has 1 heterocycles. The van der Waals surface area contributed by atoms with Crippen molar-refractivity contribution in [2.24, 2.45) is 0 Å². The highest BCUT2D eigenvalue weighted by molar-refractivity contribution is 5.20. The Labute approximate surface area is 53.9 Å². The minimum absolute atomic E-state index is 0.719. The van der Waals surface area contributed by atoms with Gasteiger partial charge in [-0.3, -0.25) is 0 Å². The summed E-state index contributed by atoms with van der Waals surface area (Å²) in [4.78, 5) is 0. The van der Waals surface area contributed by atoms with Crippen molar-refractivity contribution < 1.29 is 4.52 Å². The van der Waals surface area contributed by atoms with Crippen LogP contribution in [0.15, 0.2) is 4.52 Å². The lowest BCUT2D eigenvalue weighted by Crippen LogP contribution is -1.75. The number of hydrogen-bond acceptors (Lipinski definition) is 2. The highest BCUT2D eigenvalue weighted by atomic mass is 16.5. The third-order valence-corrected chi connectivity index (χ3v) is 1.71. The summed E-state index contributed by atoms with van der Waals surface area (Å²) in [6, 6.07) is 0. The molecular formula is C7H8NO. The standard InChI is InChI=1S/C7H8NO/c1-5-7(4-8-9-5)6-2-3-6/h6H,2-3H2,1H3. The molecule has 0 amide bonds. The average Bonchev–Trinajstić information content (AvgIpc) is 2.58. The summed E-state index contributed by atoms with van der Waals surface area (Å²) in [7, 11) is 0. The smallest absolute Gasteiger partial charge is 0.139 e. The molecule has 1 saturated carbocycles. The largest absolute Gasteiger partial charge is 0.361 e. The molecule has 0 aliphatic heterocycles. The Bertz CT molecular complexity index is 212. The second-order valence-corrected chi connectivity index (χ2v) is 2.54. The van der Waals surface area contributed by atoms with Gasteiger partial charge in [-0.2, -0.15) is 0 Å². The molecule has 0 aromatic carbocycles. The van der Waals surface area contributed by atoms with Crippen LogP contribution >= 0.6 is 0 Å². The van der Waals surface area contributed by atoms with E-state index in [1.165, 1.54) is 18.4 Å². The lowest BCUT2D eigenvalue weighted by Gasteiger charge is -1.85. The topological polar surface area (TPSA) is 26.0 Å². The van der Waals surface area contributed by atoms with Gasteiger partial charge in [-0.25, -0.2) is 0 Å². The van der Waals surface area contributed by atoms with Crippen molar-refractivity contribution in [1.29, 1.82) is 0 Å². The van der Waals surface area contributed by atoms with Crippen molar-refractivity contribution in [2.75, 3.05) is 0 Å². The van der Waals surface area contributed by atoms with E-state index in [1.54, 1.807) is 0 Å². The minimum atomic E-state index is 0.719. The quantitative estimate of drug-likeness (QED) is 0.566. The molecule has 1 aromatic heterocycles. The van der Waals surface area contributed by atoms with Crippen molar-refractivity contribution in [3.05, 3.63) is 17.5 Å². The molecule has 2 heteroatoms. The maximum Gasteiger partial charge on any atom is 0.139 e. The summed E-state index contributed by atoms with van der Waals surface area (Å²) < 4.78 is 4.86. The van der Waals surface area contributed by atoms with Gasteiger partial charge in [0.25, 0.3) is 0 Å². The second-order valence-electron chi connectivity index (χ2n) is 2.54. The molecule has 2 rings (SSSR count). The van der Waals surface area contributed by atoms with Crippen LogP contribution in [0, 0.1) is 13.1 Å². The van der Waals surface area contributed by atoms with Crippen LogP contribution in [0.3, 0.4) is 0 Å². The Morgan fingerprint density at radius 1 is 1.67 bits per heavy atom. The van der Waals surface area contributed by atoms with Crippen molar-refractivity contribution in [1.82, 2.24) is 5.16 Å². The SMILES string of the molecule is Cc1on[c]c1C1CC1. The number of aromatic nitrogens is 1. The van der Waals surface area contributed by atoms with E-state index in [0.29, 0.717) is 0 Å². The van der Waals surface area contributed by atoms with Crippen molar-refractivity contribution >= 4 is 0 Å². The zero-order chi connectivity index (χ0) is 6.27. The van der Waals surface area contributed by atoms with Crippen LogP contribution in [0.25, 0.3) is 0 Å². The summed E-state index contributed by atoms with van der Waals surface area (Å²) in [5.74, 6) is 1.66. The lowest BCUT2D eigenvalue weighted by molar-refractivity contribution is 0.395. The van der Waals surface area contributed by atoms with E-state index in [1.807, 2.05) is 6.92 Å². The molecule has 0 unspecified atom stereocenters. The molecule has 2 nitrogen and oxygen atoms in total. The van der Waals surface area contributed by atoms with Crippen LogP contribution in [0.1, 0.15) is 30.1 Å². The van der Waals surface area contributed by atoms with Crippen molar-refractivity contribution in [3.63, 3.8) is 0 Å². The maximum atomic E-state index is 4.86. The van der Waals surface area contributed by atoms with Gasteiger partial charge in [0, 0.05) is 5.56 Å². The lowest BCUT2D eigenvalue weighted by atomic mass is 10.2. The first-order chi connectivity index (χ1) is 4.38. The molecule has 0 spiro atoms. The fourth-order valence-electron chi connectivity index (χ4n) is 1.02. The molecule has 9 heavy (non-hydrogen) atoms. The molecule has 0 N–H and O–H groups in total. The maximum absolute atomic E-state index is 4.86. The zero-order valence-corrected chi connectivity index (χ0v) is 5.35. The second kappa shape index (κ2) is 1.59. The first-order valence-electron chi connectivity index (χ1n) is 3.22. The first-order valence-corrected chi connectivity index (χ1v) is 3.22. The van der Waals surface area contributed by atoms with E-state index in [4.69, 9.17) is 4.52 Å². The van der Waals surface area contributed by atoms with E-state index in [2.05, 4.69) is 11.4 Å². The molecule has 1 aliphatic rings. The summed E-state index contributed by atoms with van der Waals surface area (Å²) in [6.07, 6.45) is 5.43.